The predicted octanol–water partition coefficient (Wildman–Crippen LogP) is 2.23. The van der Waals surface area contributed by atoms with Crippen molar-refractivity contribution < 1.29 is 8.42 Å². The molecule has 0 saturated heterocycles. The van der Waals surface area contributed by atoms with Crippen molar-refractivity contribution in [3.63, 3.8) is 0 Å². The van der Waals surface area contributed by atoms with Crippen molar-refractivity contribution in [2.45, 2.75) is 11.8 Å². The third-order valence-electron chi connectivity index (χ3n) is 3.54. The maximum atomic E-state index is 12.2. The fourth-order valence-electron chi connectivity index (χ4n) is 2.27. The molecule has 0 amide bonds. The zero-order chi connectivity index (χ0) is 17.3. The van der Waals surface area contributed by atoms with Crippen LogP contribution in [0.1, 0.15) is 11.1 Å². The molecule has 3 rings (SSSR count). The fraction of sp³-hybridized carbons (Fsp3) is 0.0588. The maximum absolute atomic E-state index is 12.2. The van der Waals surface area contributed by atoms with E-state index in [2.05, 4.69) is 9.38 Å². The SMILES string of the molecule is Cc1ccc2[nH]c(=O)c(/C=N/S(=O)(=O)c3ccc(N)cc3)cc2c1. The van der Waals surface area contributed by atoms with Crippen molar-refractivity contribution in [2.24, 2.45) is 4.40 Å². The van der Waals surface area contributed by atoms with Crippen LogP contribution in [0.25, 0.3) is 10.9 Å². The van der Waals surface area contributed by atoms with Crippen molar-refractivity contribution >= 4 is 32.8 Å². The second kappa shape index (κ2) is 5.93. The van der Waals surface area contributed by atoms with Crippen LogP contribution in [0, 0.1) is 6.92 Å². The van der Waals surface area contributed by atoms with Gasteiger partial charge in [0.2, 0.25) is 0 Å². The summed E-state index contributed by atoms with van der Waals surface area (Å²) in [6.45, 7) is 1.93. The zero-order valence-corrected chi connectivity index (χ0v) is 13.7. The van der Waals surface area contributed by atoms with Gasteiger partial charge < -0.3 is 10.7 Å². The van der Waals surface area contributed by atoms with E-state index >= 15 is 0 Å². The highest BCUT2D eigenvalue weighted by molar-refractivity contribution is 7.90. The Bertz CT molecular complexity index is 1100. The van der Waals surface area contributed by atoms with Crippen LogP contribution in [0.15, 0.2) is 62.6 Å². The van der Waals surface area contributed by atoms with Gasteiger partial charge in [-0.1, -0.05) is 11.6 Å². The van der Waals surface area contributed by atoms with E-state index in [1.807, 2.05) is 19.1 Å². The number of rotatable bonds is 3. The Labute approximate surface area is 138 Å². The van der Waals surface area contributed by atoms with Gasteiger partial charge in [-0.25, -0.2) is 0 Å². The Balaban J connectivity index is 2.02. The molecule has 122 valence electrons. The summed E-state index contributed by atoms with van der Waals surface area (Å²) >= 11 is 0. The lowest BCUT2D eigenvalue weighted by molar-refractivity contribution is 0.598. The lowest BCUT2D eigenvalue weighted by atomic mass is 10.1. The van der Waals surface area contributed by atoms with Crippen molar-refractivity contribution in [3.8, 4) is 0 Å². The number of aryl methyl sites for hydroxylation is 1. The second-order valence-electron chi connectivity index (χ2n) is 5.42. The molecule has 2 aromatic carbocycles. The van der Waals surface area contributed by atoms with Crippen molar-refractivity contribution in [2.75, 3.05) is 5.73 Å². The number of nitrogen functional groups attached to an aromatic ring is 1. The number of nitrogens with zero attached hydrogens (tertiary/aromatic N) is 1. The normalized spacial score (nSPS) is 12.0. The number of nitrogens with two attached hydrogens (primary N) is 1. The number of anilines is 1. The van der Waals surface area contributed by atoms with E-state index in [1.54, 1.807) is 12.1 Å². The van der Waals surface area contributed by atoms with Crippen LogP contribution in [0.4, 0.5) is 5.69 Å². The number of aromatic amines is 1. The van der Waals surface area contributed by atoms with Crippen LogP contribution in [0.2, 0.25) is 0 Å². The molecule has 0 bridgehead atoms. The smallest absolute Gasteiger partial charge is 0.282 e. The lowest BCUT2D eigenvalue weighted by Gasteiger charge is -2.02. The quantitative estimate of drug-likeness (QED) is 0.563. The highest BCUT2D eigenvalue weighted by Gasteiger charge is 2.11. The summed E-state index contributed by atoms with van der Waals surface area (Å²) in [6.07, 6.45) is 1.06. The van der Waals surface area contributed by atoms with Gasteiger partial charge in [0, 0.05) is 11.2 Å². The number of fused-ring (bicyclic) bond motifs is 1. The number of H-pyrrole nitrogens is 1. The van der Waals surface area contributed by atoms with Crippen LogP contribution in [0.5, 0.6) is 0 Å². The van der Waals surface area contributed by atoms with E-state index in [0.29, 0.717) is 11.2 Å². The van der Waals surface area contributed by atoms with Crippen LogP contribution in [-0.4, -0.2) is 19.6 Å². The van der Waals surface area contributed by atoms with E-state index < -0.39 is 15.6 Å². The third kappa shape index (κ3) is 3.21. The first-order valence-electron chi connectivity index (χ1n) is 7.15. The second-order valence-corrected chi connectivity index (χ2v) is 7.06. The number of benzene rings is 2. The number of hydrogen-bond donors (Lipinski definition) is 2. The molecule has 0 radical (unpaired) electrons. The van der Waals surface area contributed by atoms with Gasteiger partial charge in [0.1, 0.15) is 0 Å². The van der Waals surface area contributed by atoms with Crippen molar-refractivity contribution in [1.82, 2.24) is 4.98 Å². The molecule has 7 heteroatoms. The highest BCUT2D eigenvalue weighted by Crippen LogP contribution is 2.15. The number of sulfonamides is 1. The van der Waals surface area contributed by atoms with E-state index in [1.165, 1.54) is 24.3 Å². The molecule has 0 atom stereocenters. The molecule has 0 aliphatic carbocycles. The molecule has 0 unspecified atom stereocenters. The van der Waals surface area contributed by atoms with Crippen LogP contribution in [-0.2, 0) is 10.0 Å². The van der Waals surface area contributed by atoms with Gasteiger partial charge in [-0.05, 0) is 54.8 Å². The Morgan fingerprint density at radius 2 is 1.79 bits per heavy atom. The summed E-state index contributed by atoms with van der Waals surface area (Å²) in [5.41, 5.74) is 7.49. The third-order valence-corrected chi connectivity index (χ3v) is 4.79. The minimum absolute atomic E-state index is 0.0148. The number of pyridine rings is 1. The van der Waals surface area contributed by atoms with E-state index in [0.717, 1.165) is 17.2 Å². The van der Waals surface area contributed by atoms with Gasteiger partial charge in [0.25, 0.3) is 15.6 Å². The van der Waals surface area contributed by atoms with Crippen molar-refractivity contribution in [1.29, 1.82) is 0 Å². The lowest BCUT2D eigenvalue weighted by Crippen LogP contribution is -2.12. The molecule has 0 aliphatic heterocycles. The first-order chi connectivity index (χ1) is 11.3. The minimum atomic E-state index is -3.89. The topological polar surface area (TPSA) is 105 Å². The zero-order valence-electron chi connectivity index (χ0n) is 12.9. The first-order valence-corrected chi connectivity index (χ1v) is 8.59. The molecular weight excluding hydrogens is 326 g/mol. The van der Waals surface area contributed by atoms with Gasteiger partial charge in [0.15, 0.2) is 0 Å². The molecule has 1 heterocycles. The van der Waals surface area contributed by atoms with Gasteiger partial charge in [-0.15, -0.1) is 0 Å². The number of aromatic nitrogens is 1. The average molecular weight is 341 g/mol. The summed E-state index contributed by atoms with van der Waals surface area (Å²) in [5.74, 6) is 0. The molecule has 0 spiro atoms. The Morgan fingerprint density at radius 3 is 2.50 bits per heavy atom. The largest absolute Gasteiger partial charge is 0.399 e. The number of hydrogen-bond acceptors (Lipinski definition) is 4. The monoisotopic (exact) mass is 341 g/mol. The molecule has 6 nitrogen and oxygen atoms in total. The molecule has 3 N–H and O–H groups in total. The average Bonchev–Trinajstić information content (AvgIpc) is 2.54. The van der Waals surface area contributed by atoms with Crippen LogP contribution in [0.3, 0.4) is 0 Å². The van der Waals surface area contributed by atoms with Gasteiger partial charge in [0.05, 0.1) is 16.7 Å². The predicted molar refractivity (Wildman–Crippen MR) is 94.9 cm³/mol. The molecule has 24 heavy (non-hydrogen) atoms. The van der Waals surface area contributed by atoms with Gasteiger partial charge in [-0.2, -0.15) is 12.8 Å². The van der Waals surface area contributed by atoms with E-state index in [9.17, 15) is 13.2 Å². The summed E-state index contributed by atoms with van der Waals surface area (Å²) in [6, 6.07) is 12.9. The molecule has 1 aromatic heterocycles. The maximum Gasteiger partial charge on any atom is 0.282 e. The molecule has 0 saturated carbocycles. The standard InChI is InChI=1S/C17H15N3O3S/c1-11-2-7-16-12(8-11)9-13(17(21)20-16)10-19-24(22,23)15-5-3-14(18)4-6-15/h2-10H,18H2,1H3,(H,20,21)/b19-10+. The molecule has 0 aliphatic rings. The molecule has 3 aromatic rings. The van der Waals surface area contributed by atoms with Crippen LogP contribution >= 0.6 is 0 Å². The molecule has 0 fully saturated rings. The van der Waals surface area contributed by atoms with Crippen molar-refractivity contribution in [3.05, 3.63) is 70.0 Å². The van der Waals surface area contributed by atoms with Gasteiger partial charge >= 0.3 is 0 Å². The van der Waals surface area contributed by atoms with Crippen LogP contribution < -0.4 is 11.3 Å². The number of nitrogens with one attached hydrogen (secondary N) is 1. The summed E-state index contributed by atoms with van der Waals surface area (Å²) in [7, 11) is -3.89. The van der Waals surface area contributed by atoms with Gasteiger partial charge in [-0.3, -0.25) is 4.79 Å². The minimum Gasteiger partial charge on any atom is -0.399 e. The van der Waals surface area contributed by atoms with E-state index in [-0.39, 0.29) is 10.5 Å². The van der Waals surface area contributed by atoms with E-state index in [4.69, 9.17) is 5.73 Å². The molecular formula is C17H15N3O3S. The Hall–Kier alpha value is -2.93. The Morgan fingerprint density at radius 1 is 1.08 bits per heavy atom. The summed E-state index contributed by atoms with van der Waals surface area (Å²) in [4.78, 5) is 14.8. The Kier molecular flexibility index (Phi) is 3.94. The first kappa shape index (κ1) is 15.9. The summed E-state index contributed by atoms with van der Waals surface area (Å²) in [5, 5.41) is 0.806. The summed E-state index contributed by atoms with van der Waals surface area (Å²) < 4.78 is 28.0. The highest BCUT2D eigenvalue weighted by atomic mass is 32.2. The fourth-order valence-corrected chi connectivity index (χ4v) is 3.12.